The van der Waals surface area contributed by atoms with Gasteiger partial charge in [0.1, 0.15) is 0 Å². The number of hydrogen-bond acceptors (Lipinski definition) is 3. The van der Waals surface area contributed by atoms with Gasteiger partial charge < -0.3 is 10.0 Å². The van der Waals surface area contributed by atoms with Crippen LogP contribution in [0, 0.1) is 5.92 Å². The predicted molar refractivity (Wildman–Crippen MR) is 64.6 cm³/mol. The average Bonchev–Trinajstić information content (AvgIpc) is 2.42. The van der Waals surface area contributed by atoms with E-state index in [4.69, 9.17) is 5.11 Å². The van der Waals surface area contributed by atoms with E-state index in [0.29, 0.717) is 11.7 Å². The lowest BCUT2D eigenvalue weighted by Crippen LogP contribution is -2.33. The van der Waals surface area contributed by atoms with Gasteiger partial charge in [-0.25, -0.2) is 0 Å². The van der Waals surface area contributed by atoms with Crippen molar-refractivity contribution in [2.45, 2.75) is 26.2 Å². The lowest BCUT2D eigenvalue weighted by atomic mass is 10.0. The Labute approximate surface area is 100 Å². The summed E-state index contributed by atoms with van der Waals surface area (Å²) < 4.78 is 0. The zero-order chi connectivity index (χ0) is 12.0. The van der Waals surface area contributed by atoms with Gasteiger partial charge in [0.25, 0.3) is 0 Å². The number of hydrogen-bond donors (Lipinski definition) is 1. The zero-order valence-corrected chi connectivity index (χ0v) is 10.5. The number of amides is 1. The van der Waals surface area contributed by atoms with Crippen molar-refractivity contribution < 1.29 is 14.7 Å². The van der Waals surface area contributed by atoms with Crippen molar-refractivity contribution in [2.75, 3.05) is 24.6 Å². The maximum absolute atomic E-state index is 11.8. The molecule has 1 aliphatic rings. The topological polar surface area (TPSA) is 57.6 Å². The minimum Gasteiger partial charge on any atom is -0.481 e. The lowest BCUT2D eigenvalue weighted by Gasteiger charge is -2.20. The van der Waals surface area contributed by atoms with Gasteiger partial charge in [-0.2, -0.15) is 0 Å². The number of aliphatic carboxylic acids is 1. The molecule has 1 amide bonds. The summed E-state index contributed by atoms with van der Waals surface area (Å²) in [5, 5.41) is 8.47. The summed E-state index contributed by atoms with van der Waals surface area (Å²) >= 11 is 1.18. The molecule has 1 N–H and O–H groups in total. The van der Waals surface area contributed by atoms with Gasteiger partial charge in [0.2, 0.25) is 5.91 Å². The van der Waals surface area contributed by atoms with Crippen LogP contribution in [0.25, 0.3) is 0 Å². The third-order valence-corrected chi connectivity index (χ3v) is 3.72. The van der Waals surface area contributed by atoms with E-state index in [1.165, 1.54) is 18.2 Å². The molecule has 1 saturated heterocycles. The van der Waals surface area contributed by atoms with E-state index in [1.54, 1.807) is 0 Å². The van der Waals surface area contributed by atoms with Crippen LogP contribution < -0.4 is 0 Å². The van der Waals surface area contributed by atoms with Gasteiger partial charge in [-0.1, -0.05) is 6.92 Å². The van der Waals surface area contributed by atoms with Crippen molar-refractivity contribution in [3.63, 3.8) is 0 Å². The Bertz CT molecular complexity index is 258. The maximum atomic E-state index is 11.8. The van der Waals surface area contributed by atoms with E-state index in [2.05, 4.69) is 6.92 Å². The normalized spacial score (nSPS) is 21.6. The number of likely N-dealkylation sites (tertiary alicyclic amines) is 1. The summed E-state index contributed by atoms with van der Waals surface area (Å²) in [6.45, 7) is 3.87. The number of carboxylic acid groups (broad SMARTS) is 1. The summed E-state index contributed by atoms with van der Waals surface area (Å²) in [6, 6.07) is 0. The standard InChI is InChI=1S/C11H19NO3S/c1-9-3-2-5-12(6-4-9)10(13)7-16-8-11(14)15/h9H,2-8H2,1H3,(H,14,15). The molecule has 1 unspecified atom stereocenters. The van der Waals surface area contributed by atoms with Gasteiger partial charge in [0.05, 0.1) is 11.5 Å². The molecule has 1 atom stereocenters. The van der Waals surface area contributed by atoms with Crippen LogP contribution in [-0.4, -0.2) is 46.5 Å². The molecule has 0 aliphatic carbocycles. The Morgan fingerprint density at radius 2 is 2.06 bits per heavy atom. The van der Waals surface area contributed by atoms with Crippen LogP contribution in [0.1, 0.15) is 26.2 Å². The van der Waals surface area contributed by atoms with Crippen molar-refractivity contribution in [2.24, 2.45) is 5.92 Å². The molecule has 16 heavy (non-hydrogen) atoms. The molecule has 5 heteroatoms. The van der Waals surface area contributed by atoms with Gasteiger partial charge in [0, 0.05) is 13.1 Å². The first-order valence-electron chi connectivity index (χ1n) is 5.67. The molecule has 1 heterocycles. The molecule has 1 rings (SSSR count). The molecule has 1 aliphatic heterocycles. The Morgan fingerprint density at radius 3 is 2.75 bits per heavy atom. The summed E-state index contributed by atoms with van der Waals surface area (Å²) in [5.41, 5.74) is 0. The molecule has 0 aromatic carbocycles. The molecule has 0 bridgehead atoms. The number of carboxylic acids is 1. The Kier molecular flexibility index (Phi) is 5.66. The van der Waals surface area contributed by atoms with Crippen molar-refractivity contribution in [3.05, 3.63) is 0 Å². The second kappa shape index (κ2) is 6.78. The Morgan fingerprint density at radius 1 is 1.31 bits per heavy atom. The van der Waals surface area contributed by atoms with E-state index in [9.17, 15) is 9.59 Å². The number of nitrogens with zero attached hydrogens (tertiary/aromatic N) is 1. The van der Waals surface area contributed by atoms with E-state index >= 15 is 0 Å². The fourth-order valence-corrected chi connectivity index (χ4v) is 2.46. The van der Waals surface area contributed by atoms with Gasteiger partial charge in [-0.05, 0) is 25.2 Å². The van der Waals surface area contributed by atoms with Crippen molar-refractivity contribution >= 4 is 23.6 Å². The third kappa shape index (κ3) is 4.88. The van der Waals surface area contributed by atoms with E-state index < -0.39 is 5.97 Å². The van der Waals surface area contributed by atoms with Gasteiger partial charge >= 0.3 is 5.97 Å². The smallest absolute Gasteiger partial charge is 0.313 e. The second-order valence-electron chi connectivity index (χ2n) is 4.30. The monoisotopic (exact) mass is 245 g/mol. The highest BCUT2D eigenvalue weighted by molar-refractivity contribution is 8.00. The highest BCUT2D eigenvalue weighted by atomic mass is 32.2. The van der Waals surface area contributed by atoms with Crippen molar-refractivity contribution in [1.29, 1.82) is 0 Å². The molecule has 0 aromatic rings. The van der Waals surface area contributed by atoms with Crippen LogP contribution in [0.2, 0.25) is 0 Å². The lowest BCUT2D eigenvalue weighted by molar-refractivity contribution is -0.133. The third-order valence-electron chi connectivity index (χ3n) is 2.82. The van der Waals surface area contributed by atoms with Gasteiger partial charge in [-0.3, -0.25) is 9.59 Å². The zero-order valence-electron chi connectivity index (χ0n) is 9.65. The molecule has 92 valence electrons. The first-order chi connectivity index (χ1) is 7.59. The first kappa shape index (κ1) is 13.4. The van der Waals surface area contributed by atoms with E-state index in [-0.39, 0.29) is 11.7 Å². The largest absolute Gasteiger partial charge is 0.481 e. The quantitative estimate of drug-likeness (QED) is 0.814. The average molecular weight is 245 g/mol. The number of rotatable bonds is 4. The number of carbonyl (C=O) groups excluding carboxylic acids is 1. The van der Waals surface area contributed by atoms with Crippen LogP contribution in [0.3, 0.4) is 0 Å². The molecule has 0 saturated carbocycles. The fraction of sp³-hybridized carbons (Fsp3) is 0.818. The highest BCUT2D eigenvalue weighted by Crippen LogP contribution is 2.17. The minimum absolute atomic E-state index is 0.00990. The SMILES string of the molecule is CC1CCCN(C(=O)CSCC(=O)O)CC1. The van der Waals surface area contributed by atoms with Gasteiger partial charge in [0.15, 0.2) is 0 Å². The summed E-state index contributed by atoms with van der Waals surface area (Å²) in [7, 11) is 0. The van der Waals surface area contributed by atoms with E-state index in [0.717, 1.165) is 25.9 Å². The molecular formula is C11H19NO3S. The van der Waals surface area contributed by atoms with Gasteiger partial charge in [-0.15, -0.1) is 11.8 Å². The van der Waals surface area contributed by atoms with Crippen molar-refractivity contribution in [1.82, 2.24) is 4.90 Å². The molecule has 0 spiro atoms. The highest BCUT2D eigenvalue weighted by Gasteiger charge is 2.18. The second-order valence-corrected chi connectivity index (χ2v) is 5.29. The van der Waals surface area contributed by atoms with Crippen LogP contribution in [0.4, 0.5) is 0 Å². The molecule has 1 fully saturated rings. The van der Waals surface area contributed by atoms with Crippen LogP contribution in [0.5, 0.6) is 0 Å². The maximum Gasteiger partial charge on any atom is 0.313 e. The minimum atomic E-state index is -0.859. The molecular weight excluding hydrogens is 226 g/mol. The predicted octanol–water partition coefficient (Wildman–Crippen LogP) is 1.45. The first-order valence-corrected chi connectivity index (χ1v) is 6.82. The Balaban J connectivity index is 2.27. The molecule has 0 radical (unpaired) electrons. The van der Waals surface area contributed by atoms with Crippen LogP contribution in [0.15, 0.2) is 0 Å². The fourth-order valence-electron chi connectivity index (χ4n) is 1.83. The summed E-state index contributed by atoms with van der Waals surface area (Å²) in [4.78, 5) is 23.9. The molecule has 4 nitrogen and oxygen atoms in total. The van der Waals surface area contributed by atoms with E-state index in [1.807, 2.05) is 4.90 Å². The van der Waals surface area contributed by atoms with Crippen molar-refractivity contribution in [3.8, 4) is 0 Å². The van der Waals surface area contributed by atoms with Crippen LogP contribution >= 0.6 is 11.8 Å². The van der Waals surface area contributed by atoms with Crippen LogP contribution in [-0.2, 0) is 9.59 Å². The molecule has 0 aromatic heterocycles. The number of thioether (sulfide) groups is 1. The Hall–Kier alpha value is -0.710. The summed E-state index contributed by atoms with van der Waals surface area (Å²) in [5.74, 6) is 0.225. The number of carbonyl (C=O) groups is 2. The summed E-state index contributed by atoms with van der Waals surface area (Å²) in [6.07, 6.45) is 3.32.